The molecule has 1 aromatic heterocycles. The normalized spacial score (nSPS) is 10.2. The molecule has 0 saturated carbocycles. The maximum Gasteiger partial charge on any atom is 0.222 e. The minimum Gasteiger partial charge on any atom is -0.352 e. The third-order valence-electron chi connectivity index (χ3n) is 3.30. The van der Waals surface area contributed by atoms with Crippen molar-refractivity contribution in [2.75, 3.05) is 13.1 Å². The van der Waals surface area contributed by atoms with Gasteiger partial charge in [0.15, 0.2) is 0 Å². The number of unbranched alkanes of at least 4 members (excludes halogenated alkanes) is 2. The molecule has 5 nitrogen and oxygen atoms in total. The summed E-state index contributed by atoms with van der Waals surface area (Å²) in [4.78, 5) is 29.1. The molecule has 5 heteroatoms. The summed E-state index contributed by atoms with van der Waals surface area (Å²) >= 11 is 0. The first kappa shape index (κ1) is 17.1. The molecule has 1 N–H and O–H groups in total. The molecule has 0 fully saturated rings. The standard InChI is InChI=1S/C16H25N3O2/c1-3-4-5-10-19(14(2)20)11-8-16(21)18-13-15-7-6-9-17-12-15/h6-7,9,12H,3-5,8,10-11,13H2,1-2H3,(H,18,21). The first-order valence-electron chi connectivity index (χ1n) is 7.54. The van der Waals surface area contributed by atoms with Crippen molar-refractivity contribution in [3.8, 4) is 0 Å². The summed E-state index contributed by atoms with van der Waals surface area (Å²) in [6.45, 7) is 5.38. The number of rotatable bonds is 9. The molecule has 1 aromatic rings. The Labute approximate surface area is 126 Å². The zero-order chi connectivity index (χ0) is 15.5. The van der Waals surface area contributed by atoms with Gasteiger partial charge in [0, 0.05) is 45.4 Å². The van der Waals surface area contributed by atoms with Crippen LogP contribution in [0.3, 0.4) is 0 Å². The van der Waals surface area contributed by atoms with Gasteiger partial charge in [-0.15, -0.1) is 0 Å². The Morgan fingerprint density at radius 2 is 2.10 bits per heavy atom. The Morgan fingerprint density at radius 3 is 2.71 bits per heavy atom. The first-order valence-corrected chi connectivity index (χ1v) is 7.54. The molecule has 0 aromatic carbocycles. The van der Waals surface area contributed by atoms with Gasteiger partial charge >= 0.3 is 0 Å². The van der Waals surface area contributed by atoms with E-state index < -0.39 is 0 Å². The predicted molar refractivity (Wildman–Crippen MR) is 82.5 cm³/mol. The highest BCUT2D eigenvalue weighted by Gasteiger charge is 2.10. The van der Waals surface area contributed by atoms with Gasteiger partial charge in [-0.25, -0.2) is 0 Å². The number of hydrogen-bond acceptors (Lipinski definition) is 3. The average Bonchev–Trinajstić information content (AvgIpc) is 2.49. The van der Waals surface area contributed by atoms with Gasteiger partial charge in [0.1, 0.15) is 0 Å². The van der Waals surface area contributed by atoms with Crippen LogP contribution in [0, 0.1) is 0 Å². The topological polar surface area (TPSA) is 62.3 Å². The molecule has 2 amide bonds. The fourth-order valence-electron chi connectivity index (χ4n) is 2.01. The second-order valence-electron chi connectivity index (χ2n) is 5.10. The van der Waals surface area contributed by atoms with Gasteiger partial charge in [-0.05, 0) is 18.1 Å². The minimum absolute atomic E-state index is 0.0335. The van der Waals surface area contributed by atoms with Crippen LogP contribution < -0.4 is 5.32 Å². The van der Waals surface area contributed by atoms with Crippen LogP contribution >= 0.6 is 0 Å². The molecule has 0 radical (unpaired) electrons. The Morgan fingerprint density at radius 1 is 1.29 bits per heavy atom. The third-order valence-corrected chi connectivity index (χ3v) is 3.30. The summed E-state index contributed by atoms with van der Waals surface area (Å²) in [5.74, 6) is -0.00763. The molecule has 116 valence electrons. The predicted octanol–water partition coefficient (Wildman–Crippen LogP) is 2.13. The summed E-state index contributed by atoms with van der Waals surface area (Å²) in [7, 11) is 0. The number of aromatic nitrogens is 1. The minimum atomic E-state index is -0.0411. The SMILES string of the molecule is CCCCCN(CCC(=O)NCc1cccnc1)C(C)=O. The lowest BCUT2D eigenvalue weighted by molar-refractivity contribution is -0.129. The van der Waals surface area contributed by atoms with Gasteiger partial charge in [0.2, 0.25) is 11.8 Å². The number of carbonyl (C=O) groups is 2. The van der Waals surface area contributed by atoms with Gasteiger partial charge in [-0.1, -0.05) is 25.8 Å². The molecule has 0 aliphatic heterocycles. The van der Waals surface area contributed by atoms with E-state index in [9.17, 15) is 9.59 Å². The van der Waals surface area contributed by atoms with E-state index in [4.69, 9.17) is 0 Å². The highest BCUT2D eigenvalue weighted by Crippen LogP contribution is 2.01. The lowest BCUT2D eigenvalue weighted by Crippen LogP contribution is -2.34. The van der Waals surface area contributed by atoms with Crippen LogP contribution in [-0.4, -0.2) is 34.8 Å². The number of carbonyl (C=O) groups excluding carboxylic acids is 2. The van der Waals surface area contributed by atoms with E-state index in [2.05, 4.69) is 17.2 Å². The number of pyridine rings is 1. The number of hydrogen-bond donors (Lipinski definition) is 1. The molecule has 0 atom stereocenters. The summed E-state index contributed by atoms with van der Waals surface area (Å²) in [5.41, 5.74) is 0.970. The van der Waals surface area contributed by atoms with Gasteiger partial charge in [-0.3, -0.25) is 14.6 Å². The highest BCUT2D eigenvalue weighted by atomic mass is 16.2. The lowest BCUT2D eigenvalue weighted by Gasteiger charge is -2.20. The first-order chi connectivity index (χ1) is 10.1. The quantitative estimate of drug-likeness (QED) is 0.709. The molecule has 1 heterocycles. The fraction of sp³-hybridized carbons (Fsp3) is 0.562. The second-order valence-corrected chi connectivity index (χ2v) is 5.10. The van der Waals surface area contributed by atoms with Gasteiger partial charge in [-0.2, -0.15) is 0 Å². The lowest BCUT2D eigenvalue weighted by atomic mass is 10.2. The summed E-state index contributed by atoms with van der Waals surface area (Å²) in [6, 6.07) is 3.76. The number of nitrogens with one attached hydrogen (secondary N) is 1. The van der Waals surface area contributed by atoms with Crippen LogP contribution in [0.15, 0.2) is 24.5 Å². The maximum atomic E-state index is 11.8. The van der Waals surface area contributed by atoms with Crippen molar-refractivity contribution < 1.29 is 9.59 Å². The second kappa shape index (κ2) is 9.91. The molecular formula is C16H25N3O2. The van der Waals surface area contributed by atoms with Crippen LogP contribution in [0.1, 0.15) is 45.1 Å². The molecule has 21 heavy (non-hydrogen) atoms. The molecule has 0 bridgehead atoms. The van der Waals surface area contributed by atoms with E-state index in [1.54, 1.807) is 24.2 Å². The summed E-state index contributed by atoms with van der Waals surface area (Å²) in [5, 5.41) is 2.84. The Kier molecular flexibility index (Phi) is 8.09. The van der Waals surface area contributed by atoms with Crippen molar-refractivity contribution in [1.82, 2.24) is 15.2 Å². The third kappa shape index (κ3) is 7.44. The Balaban J connectivity index is 2.27. The molecule has 0 unspecified atom stereocenters. The van der Waals surface area contributed by atoms with Crippen LogP contribution in [-0.2, 0) is 16.1 Å². The molecule has 0 saturated heterocycles. The molecule has 0 aliphatic carbocycles. The number of nitrogens with zero attached hydrogens (tertiary/aromatic N) is 2. The van der Waals surface area contributed by atoms with E-state index in [0.717, 1.165) is 31.4 Å². The van der Waals surface area contributed by atoms with E-state index >= 15 is 0 Å². The van der Waals surface area contributed by atoms with Crippen LogP contribution in [0.2, 0.25) is 0 Å². The van der Waals surface area contributed by atoms with Crippen LogP contribution in [0.5, 0.6) is 0 Å². The maximum absolute atomic E-state index is 11.8. The zero-order valence-electron chi connectivity index (χ0n) is 13.0. The highest BCUT2D eigenvalue weighted by molar-refractivity contribution is 5.77. The van der Waals surface area contributed by atoms with Crippen molar-refractivity contribution in [2.24, 2.45) is 0 Å². The molecule has 0 spiro atoms. The smallest absolute Gasteiger partial charge is 0.222 e. The van der Waals surface area contributed by atoms with E-state index in [0.29, 0.717) is 19.5 Å². The van der Waals surface area contributed by atoms with Crippen molar-refractivity contribution in [1.29, 1.82) is 0 Å². The fourth-order valence-corrected chi connectivity index (χ4v) is 2.01. The number of amides is 2. The summed E-state index contributed by atoms with van der Waals surface area (Å²) < 4.78 is 0. The van der Waals surface area contributed by atoms with Crippen molar-refractivity contribution in [3.05, 3.63) is 30.1 Å². The van der Waals surface area contributed by atoms with Crippen molar-refractivity contribution in [2.45, 2.75) is 46.1 Å². The Bertz CT molecular complexity index is 434. The molecule has 1 rings (SSSR count). The zero-order valence-corrected chi connectivity index (χ0v) is 13.0. The average molecular weight is 291 g/mol. The van der Waals surface area contributed by atoms with Crippen LogP contribution in [0.4, 0.5) is 0 Å². The van der Waals surface area contributed by atoms with Crippen LogP contribution in [0.25, 0.3) is 0 Å². The van der Waals surface area contributed by atoms with E-state index in [1.165, 1.54) is 0 Å². The van der Waals surface area contributed by atoms with Gasteiger partial charge in [0.05, 0.1) is 0 Å². The monoisotopic (exact) mass is 291 g/mol. The van der Waals surface area contributed by atoms with E-state index in [1.807, 2.05) is 12.1 Å². The van der Waals surface area contributed by atoms with E-state index in [-0.39, 0.29) is 11.8 Å². The van der Waals surface area contributed by atoms with Gasteiger partial charge < -0.3 is 10.2 Å². The summed E-state index contributed by atoms with van der Waals surface area (Å²) in [6.07, 6.45) is 6.99. The molecule has 0 aliphatic rings. The van der Waals surface area contributed by atoms with Gasteiger partial charge in [0.25, 0.3) is 0 Å². The molecular weight excluding hydrogens is 266 g/mol. The van der Waals surface area contributed by atoms with Crippen molar-refractivity contribution in [3.63, 3.8) is 0 Å². The van der Waals surface area contributed by atoms with Crippen molar-refractivity contribution >= 4 is 11.8 Å². The largest absolute Gasteiger partial charge is 0.352 e. The Hall–Kier alpha value is -1.91.